The summed E-state index contributed by atoms with van der Waals surface area (Å²) in [7, 11) is 0.173. The van der Waals surface area contributed by atoms with E-state index in [4.69, 9.17) is 11.6 Å². The minimum atomic E-state index is -1.48. The monoisotopic (exact) mass is 465 g/mol. The zero-order valence-corrected chi connectivity index (χ0v) is 17.8. The summed E-state index contributed by atoms with van der Waals surface area (Å²) in [4.78, 5) is 13.0. The van der Waals surface area contributed by atoms with E-state index in [1.807, 2.05) is 24.3 Å². The lowest BCUT2D eigenvalue weighted by atomic mass is 10.2. The number of aromatic nitrogens is 1. The second-order valence-electron chi connectivity index (χ2n) is 5.89. The molecule has 27 heavy (non-hydrogen) atoms. The van der Waals surface area contributed by atoms with Crippen molar-refractivity contribution in [2.75, 3.05) is 10.0 Å². The molecule has 0 spiro atoms. The molecule has 0 fully saturated rings. The molecule has 0 saturated carbocycles. The van der Waals surface area contributed by atoms with E-state index in [1.165, 1.54) is 4.57 Å². The van der Waals surface area contributed by atoms with Gasteiger partial charge in [-0.2, -0.15) is 0 Å². The molecule has 0 amide bonds. The fourth-order valence-corrected chi connectivity index (χ4v) is 4.14. The fourth-order valence-electron chi connectivity index (χ4n) is 2.54. The van der Waals surface area contributed by atoms with Crippen molar-refractivity contribution in [3.05, 3.63) is 80.0 Å². The summed E-state index contributed by atoms with van der Waals surface area (Å²) in [5, 5.41) is 3.67. The first-order chi connectivity index (χ1) is 12.9. The Morgan fingerprint density at radius 3 is 2.44 bits per heavy atom. The van der Waals surface area contributed by atoms with Gasteiger partial charge in [-0.15, -0.1) is 0 Å². The highest BCUT2D eigenvalue weighted by Gasteiger charge is 2.15. The lowest BCUT2D eigenvalue weighted by molar-refractivity contribution is 0.686. The zero-order chi connectivity index (χ0) is 19.6. The van der Waals surface area contributed by atoms with E-state index in [1.54, 1.807) is 44.3 Å². The number of benzene rings is 2. The van der Waals surface area contributed by atoms with Gasteiger partial charge in [0.15, 0.2) is 0 Å². The molecule has 0 bridgehead atoms. The summed E-state index contributed by atoms with van der Waals surface area (Å²) >= 11 is 9.67. The maximum Gasteiger partial charge on any atom is 0.254 e. The van der Waals surface area contributed by atoms with Crippen LogP contribution in [-0.2, 0) is 18.0 Å². The minimum absolute atomic E-state index is 0.151. The van der Waals surface area contributed by atoms with E-state index in [0.29, 0.717) is 32.7 Å². The summed E-state index contributed by atoms with van der Waals surface area (Å²) in [6.07, 6.45) is 0. The van der Waals surface area contributed by atoms with Gasteiger partial charge in [-0.1, -0.05) is 45.7 Å². The SMILES string of the molecule is Cc1cc(NS(=O)c2ccccc2)c(Nc2ccc(Br)cc2Cl)n(C)c1=O. The molecule has 2 aromatic carbocycles. The predicted molar refractivity (Wildman–Crippen MR) is 115 cm³/mol. The molecule has 0 radical (unpaired) electrons. The van der Waals surface area contributed by atoms with E-state index >= 15 is 0 Å². The lowest BCUT2D eigenvalue weighted by Gasteiger charge is -2.18. The number of aryl methyl sites for hydroxylation is 1. The van der Waals surface area contributed by atoms with Gasteiger partial charge in [0.1, 0.15) is 16.8 Å². The Labute approximate surface area is 173 Å². The number of halogens is 2. The molecule has 1 unspecified atom stereocenters. The first-order valence-corrected chi connectivity index (χ1v) is 10.3. The Bertz CT molecular complexity index is 1070. The Hall–Kier alpha value is -2.09. The number of hydrogen-bond donors (Lipinski definition) is 2. The molecule has 0 aliphatic rings. The summed E-state index contributed by atoms with van der Waals surface area (Å²) in [6.45, 7) is 1.72. The van der Waals surface area contributed by atoms with Crippen molar-refractivity contribution >= 4 is 55.7 Å². The van der Waals surface area contributed by atoms with Crippen LogP contribution in [0.5, 0.6) is 0 Å². The summed E-state index contributed by atoms with van der Waals surface area (Å²) in [5.74, 6) is 0.471. The summed E-state index contributed by atoms with van der Waals surface area (Å²) in [5.41, 5.74) is 1.56. The quantitative estimate of drug-likeness (QED) is 0.557. The van der Waals surface area contributed by atoms with Crippen LogP contribution in [0.15, 0.2) is 68.8 Å². The van der Waals surface area contributed by atoms with Gasteiger partial charge < -0.3 is 5.32 Å². The molecule has 140 valence electrons. The van der Waals surface area contributed by atoms with Crippen molar-refractivity contribution in [2.24, 2.45) is 7.05 Å². The van der Waals surface area contributed by atoms with E-state index in [9.17, 15) is 9.00 Å². The number of pyridine rings is 1. The Morgan fingerprint density at radius 1 is 1.07 bits per heavy atom. The van der Waals surface area contributed by atoms with Crippen molar-refractivity contribution in [3.63, 3.8) is 0 Å². The standard InChI is InChI=1S/C19H17BrClN3O2S/c1-12-10-17(23-27(26)14-6-4-3-5-7-14)18(24(2)19(12)25)22-16-9-8-13(20)11-15(16)21/h3-11,22-23H,1-2H3. The molecule has 5 nitrogen and oxygen atoms in total. The number of anilines is 3. The molecule has 0 saturated heterocycles. The summed E-state index contributed by atoms with van der Waals surface area (Å²) < 4.78 is 18.0. The van der Waals surface area contributed by atoms with Crippen molar-refractivity contribution < 1.29 is 4.21 Å². The van der Waals surface area contributed by atoms with Crippen LogP contribution in [0.2, 0.25) is 5.02 Å². The van der Waals surface area contributed by atoms with E-state index in [0.717, 1.165) is 4.47 Å². The second-order valence-corrected chi connectivity index (χ2v) is 8.42. The average Bonchev–Trinajstić information content (AvgIpc) is 2.65. The topological polar surface area (TPSA) is 63.1 Å². The average molecular weight is 467 g/mol. The molecule has 3 aromatic rings. The van der Waals surface area contributed by atoms with Gasteiger partial charge in [-0.3, -0.25) is 14.1 Å². The maximum absolute atomic E-state index is 12.7. The van der Waals surface area contributed by atoms with Crippen molar-refractivity contribution in [1.29, 1.82) is 0 Å². The van der Waals surface area contributed by atoms with Crippen molar-refractivity contribution in [2.45, 2.75) is 11.8 Å². The smallest absolute Gasteiger partial charge is 0.254 e. The van der Waals surface area contributed by atoms with E-state index < -0.39 is 11.0 Å². The van der Waals surface area contributed by atoms with E-state index in [-0.39, 0.29) is 5.56 Å². The molecular weight excluding hydrogens is 450 g/mol. The number of nitrogens with zero attached hydrogens (tertiary/aromatic N) is 1. The van der Waals surface area contributed by atoms with Gasteiger partial charge in [0, 0.05) is 17.1 Å². The second kappa shape index (κ2) is 8.29. The molecule has 8 heteroatoms. The zero-order valence-electron chi connectivity index (χ0n) is 14.6. The summed E-state index contributed by atoms with van der Waals surface area (Å²) in [6, 6.07) is 16.1. The Morgan fingerprint density at radius 2 is 1.78 bits per heavy atom. The highest BCUT2D eigenvalue weighted by atomic mass is 79.9. The largest absolute Gasteiger partial charge is 0.339 e. The van der Waals surface area contributed by atoms with E-state index in [2.05, 4.69) is 26.0 Å². The number of rotatable bonds is 5. The molecule has 1 aromatic heterocycles. The fraction of sp³-hybridized carbons (Fsp3) is 0.105. The van der Waals surface area contributed by atoms with Gasteiger partial charge in [-0.05, 0) is 43.3 Å². The van der Waals surface area contributed by atoms with Crippen LogP contribution in [0.4, 0.5) is 17.2 Å². The van der Waals surface area contributed by atoms with Crippen LogP contribution in [-0.4, -0.2) is 8.78 Å². The molecule has 0 aliphatic heterocycles. The predicted octanol–water partition coefficient (Wildman–Crippen LogP) is 4.99. The first-order valence-electron chi connectivity index (χ1n) is 8.03. The molecule has 0 aliphatic carbocycles. The van der Waals surface area contributed by atoms with Gasteiger partial charge in [-0.25, -0.2) is 4.21 Å². The van der Waals surface area contributed by atoms with Crippen LogP contribution in [0.3, 0.4) is 0 Å². The number of nitrogens with one attached hydrogen (secondary N) is 2. The minimum Gasteiger partial charge on any atom is -0.339 e. The van der Waals surface area contributed by atoms with Gasteiger partial charge in [0.05, 0.1) is 21.3 Å². The van der Waals surface area contributed by atoms with Crippen LogP contribution in [0.25, 0.3) is 0 Å². The van der Waals surface area contributed by atoms with Crippen LogP contribution >= 0.6 is 27.5 Å². The lowest BCUT2D eigenvalue weighted by Crippen LogP contribution is -2.23. The number of hydrogen-bond acceptors (Lipinski definition) is 3. The maximum atomic E-state index is 12.7. The van der Waals surface area contributed by atoms with Crippen molar-refractivity contribution in [3.8, 4) is 0 Å². The molecular formula is C19H17BrClN3O2S. The highest BCUT2D eigenvalue weighted by Crippen LogP contribution is 2.31. The molecule has 1 atom stereocenters. The Balaban J connectivity index is 2.03. The van der Waals surface area contributed by atoms with Crippen LogP contribution < -0.4 is 15.6 Å². The van der Waals surface area contributed by atoms with Crippen LogP contribution in [0.1, 0.15) is 5.56 Å². The van der Waals surface area contributed by atoms with Gasteiger partial charge >= 0.3 is 0 Å². The molecule has 3 rings (SSSR count). The Kier molecular flexibility index (Phi) is 6.04. The normalized spacial score (nSPS) is 11.9. The van der Waals surface area contributed by atoms with Crippen LogP contribution in [0, 0.1) is 6.92 Å². The van der Waals surface area contributed by atoms with Crippen molar-refractivity contribution in [1.82, 2.24) is 4.57 Å². The first kappa shape index (κ1) is 19.7. The molecule has 2 N–H and O–H groups in total. The van der Waals surface area contributed by atoms with Gasteiger partial charge in [0.25, 0.3) is 5.56 Å². The third-order valence-electron chi connectivity index (χ3n) is 3.94. The third-order valence-corrected chi connectivity index (χ3v) is 5.85. The van der Waals surface area contributed by atoms with Gasteiger partial charge in [0.2, 0.25) is 0 Å². The highest BCUT2D eigenvalue weighted by molar-refractivity contribution is 9.10. The third kappa shape index (κ3) is 4.43. The molecule has 1 heterocycles.